The van der Waals surface area contributed by atoms with Gasteiger partial charge in [0.1, 0.15) is 5.75 Å². The lowest BCUT2D eigenvalue weighted by Gasteiger charge is -2.11. The van der Waals surface area contributed by atoms with Gasteiger partial charge in [-0.3, -0.25) is 9.59 Å². The summed E-state index contributed by atoms with van der Waals surface area (Å²) in [6.45, 7) is 1.73. The predicted octanol–water partition coefficient (Wildman–Crippen LogP) is 1.90. The van der Waals surface area contributed by atoms with E-state index in [0.717, 1.165) is 5.56 Å². The van der Waals surface area contributed by atoms with Crippen molar-refractivity contribution in [2.24, 2.45) is 5.10 Å². The molecule has 0 spiro atoms. The Kier molecular flexibility index (Phi) is 7.38. The van der Waals surface area contributed by atoms with Crippen LogP contribution in [0.5, 0.6) is 17.2 Å². The monoisotopic (exact) mass is 385 g/mol. The molecule has 2 amide bonds. The number of nitrogens with zero attached hydrogens (tertiary/aromatic N) is 1. The first-order chi connectivity index (χ1) is 13.5. The highest BCUT2D eigenvalue weighted by Crippen LogP contribution is 2.33. The molecule has 2 N–H and O–H groups in total. The van der Waals surface area contributed by atoms with Crippen LogP contribution in [0.1, 0.15) is 21.5 Å². The Morgan fingerprint density at radius 2 is 1.57 bits per heavy atom. The minimum absolute atomic E-state index is 0.201. The van der Waals surface area contributed by atoms with Crippen molar-refractivity contribution in [3.63, 3.8) is 0 Å². The third-order valence-corrected chi connectivity index (χ3v) is 3.85. The van der Waals surface area contributed by atoms with Crippen molar-refractivity contribution in [2.45, 2.75) is 6.92 Å². The maximum atomic E-state index is 12.0. The van der Waals surface area contributed by atoms with Gasteiger partial charge in [0.2, 0.25) is 0 Å². The fourth-order valence-electron chi connectivity index (χ4n) is 2.33. The fourth-order valence-corrected chi connectivity index (χ4v) is 2.33. The van der Waals surface area contributed by atoms with Gasteiger partial charge in [-0.15, -0.1) is 0 Å². The molecule has 0 aliphatic carbocycles. The van der Waals surface area contributed by atoms with Crippen LogP contribution in [0, 0.1) is 6.92 Å². The number of nitrogens with one attached hydrogen (secondary N) is 2. The van der Waals surface area contributed by atoms with Crippen LogP contribution >= 0.6 is 0 Å². The van der Waals surface area contributed by atoms with Crippen LogP contribution in [0.3, 0.4) is 0 Å². The van der Waals surface area contributed by atoms with Gasteiger partial charge in [0.25, 0.3) is 11.8 Å². The summed E-state index contributed by atoms with van der Waals surface area (Å²) in [6, 6.07) is 10.4. The second-order valence-corrected chi connectivity index (χ2v) is 5.79. The van der Waals surface area contributed by atoms with E-state index in [0.29, 0.717) is 28.4 Å². The van der Waals surface area contributed by atoms with Crippen LogP contribution in [-0.2, 0) is 4.79 Å². The Balaban J connectivity index is 1.94. The van der Waals surface area contributed by atoms with Crippen molar-refractivity contribution in [3.05, 3.63) is 53.1 Å². The number of aryl methyl sites for hydroxylation is 1. The molecule has 0 saturated heterocycles. The number of rotatable bonds is 8. The van der Waals surface area contributed by atoms with Gasteiger partial charge >= 0.3 is 0 Å². The van der Waals surface area contributed by atoms with Crippen LogP contribution in [0.4, 0.5) is 0 Å². The van der Waals surface area contributed by atoms with Crippen LogP contribution in [-0.4, -0.2) is 45.9 Å². The summed E-state index contributed by atoms with van der Waals surface area (Å²) in [5, 5.41) is 6.43. The number of hydrogen-bond acceptors (Lipinski definition) is 6. The molecule has 0 unspecified atom stereocenters. The summed E-state index contributed by atoms with van der Waals surface area (Å²) in [5.41, 5.74) is 4.47. The third-order valence-electron chi connectivity index (χ3n) is 3.85. The smallest absolute Gasteiger partial charge is 0.259 e. The molecule has 148 valence electrons. The van der Waals surface area contributed by atoms with Crippen molar-refractivity contribution < 1.29 is 23.8 Å². The van der Waals surface area contributed by atoms with E-state index in [2.05, 4.69) is 15.8 Å². The average Bonchev–Trinajstić information content (AvgIpc) is 2.72. The standard InChI is InChI=1S/C20H23N3O5/c1-13-5-7-14(8-6-13)20(25)21-12-19(24)23-22-11-15-9-17(27-3)18(28-4)10-16(15)26-2/h5-11H,12H2,1-4H3,(H,21,25)(H,23,24)/b22-11+. The molecule has 2 aromatic rings. The van der Waals surface area contributed by atoms with Gasteiger partial charge in [0, 0.05) is 17.2 Å². The van der Waals surface area contributed by atoms with Gasteiger partial charge in [-0.2, -0.15) is 5.10 Å². The molecule has 8 heteroatoms. The van der Waals surface area contributed by atoms with Crippen molar-refractivity contribution in [1.82, 2.24) is 10.7 Å². The normalized spacial score (nSPS) is 10.4. The molecule has 0 heterocycles. The number of carbonyl (C=O) groups is 2. The highest BCUT2D eigenvalue weighted by Gasteiger charge is 2.11. The van der Waals surface area contributed by atoms with Crippen LogP contribution in [0.25, 0.3) is 0 Å². The predicted molar refractivity (Wildman–Crippen MR) is 105 cm³/mol. The summed E-state index contributed by atoms with van der Waals surface area (Å²) in [4.78, 5) is 23.9. The fraction of sp³-hybridized carbons (Fsp3) is 0.250. The largest absolute Gasteiger partial charge is 0.496 e. The number of hydrogen-bond donors (Lipinski definition) is 2. The quantitative estimate of drug-likeness (QED) is 0.534. The molecule has 8 nitrogen and oxygen atoms in total. The second-order valence-electron chi connectivity index (χ2n) is 5.79. The molecule has 0 bridgehead atoms. The van der Waals surface area contributed by atoms with Crippen molar-refractivity contribution in [2.75, 3.05) is 27.9 Å². The van der Waals surface area contributed by atoms with Crippen molar-refractivity contribution in [1.29, 1.82) is 0 Å². The van der Waals surface area contributed by atoms with Crippen molar-refractivity contribution in [3.8, 4) is 17.2 Å². The maximum absolute atomic E-state index is 12.0. The van der Waals surface area contributed by atoms with Gasteiger partial charge < -0.3 is 19.5 Å². The molecule has 28 heavy (non-hydrogen) atoms. The lowest BCUT2D eigenvalue weighted by molar-refractivity contribution is -0.120. The van der Waals surface area contributed by atoms with E-state index >= 15 is 0 Å². The highest BCUT2D eigenvalue weighted by molar-refractivity contribution is 5.96. The first-order valence-electron chi connectivity index (χ1n) is 8.45. The summed E-state index contributed by atoms with van der Waals surface area (Å²) in [6.07, 6.45) is 1.42. The van der Waals surface area contributed by atoms with Gasteiger partial charge in [-0.05, 0) is 25.1 Å². The summed E-state index contributed by atoms with van der Waals surface area (Å²) < 4.78 is 15.7. The Hall–Kier alpha value is -3.55. The number of methoxy groups -OCH3 is 3. The van der Waals surface area contributed by atoms with E-state index in [-0.39, 0.29) is 12.5 Å². The number of hydrazone groups is 1. The lowest BCUT2D eigenvalue weighted by Crippen LogP contribution is -2.34. The van der Waals surface area contributed by atoms with Gasteiger partial charge in [0.05, 0.1) is 34.1 Å². The zero-order valence-electron chi connectivity index (χ0n) is 16.2. The molecule has 0 aliphatic heterocycles. The third kappa shape index (κ3) is 5.47. The van der Waals surface area contributed by atoms with E-state index in [1.54, 1.807) is 24.3 Å². The number of carbonyl (C=O) groups excluding carboxylic acids is 2. The molecule has 0 aliphatic rings. The maximum Gasteiger partial charge on any atom is 0.259 e. The molecule has 2 aromatic carbocycles. The van der Waals surface area contributed by atoms with Crippen LogP contribution < -0.4 is 25.0 Å². The minimum atomic E-state index is -0.462. The summed E-state index contributed by atoms with van der Waals surface area (Å²) in [5.74, 6) is 0.723. The Labute approximate surface area is 163 Å². The summed E-state index contributed by atoms with van der Waals surface area (Å²) in [7, 11) is 4.55. The molecule has 0 saturated carbocycles. The van der Waals surface area contributed by atoms with E-state index < -0.39 is 5.91 Å². The van der Waals surface area contributed by atoms with Crippen molar-refractivity contribution >= 4 is 18.0 Å². The molecular weight excluding hydrogens is 362 g/mol. The van der Waals surface area contributed by atoms with Crippen LogP contribution in [0.2, 0.25) is 0 Å². The molecule has 0 fully saturated rings. The van der Waals surface area contributed by atoms with Gasteiger partial charge in [-0.1, -0.05) is 17.7 Å². The molecule has 0 radical (unpaired) electrons. The number of benzene rings is 2. The second kappa shape index (κ2) is 9.96. The molecular formula is C20H23N3O5. The molecule has 0 atom stereocenters. The number of amides is 2. The van der Waals surface area contributed by atoms with E-state index in [1.165, 1.54) is 27.5 Å². The average molecular weight is 385 g/mol. The zero-order chi connectivity index (χ0) is 20.5. The van der Waals surface area contributed by atoms with Crippen LogP contribution in [0.15, 0.2) is 41.5 Å². The first-order valence-corrected chi connectivity index (χ1v) is 8.45. The highest BCUT2D eigenvalue weighted by atomic mass is 16.5. The van der Waals surface area contributed by atoms with Gasteiger partial charge in [0.15, 0.2) is 11.5 Å². The minimum Gasteiger partial charge on any atom is -0.496 e. The number of ether oxygens (including phenoxy) is 3. The van der Waals surface area contributed by atoms with E-state index in [9.17, 15) is 9.59 Å². The topological polar surface area (TPSA) is 98.2 Å². The van der Waals surface area contributed by atoms with E-state index in [1.807, 2.05) is 19.1 Å². The SMILES string of the molecule is COc1cc(OC)c(OC)cc1/C=N/NC(=O)CNC(=O)c1ccc(C)cc1. The zero-order valence-corrected chi connectivity index (χ0v) is 16.2. The molecule has 0 aromatic heterocycles. The Bertz CT molecular complexity index is 863. The lowest BCUT2D eigenvalue weighted by atomic mass is 10.1. The molecule has 2 rings (SSSR count). The Morgan fingerprint density at radius 3 is 2.18 bits per heavy atom. The van der Waals surface area contributed by atoms with E-state index in [4.69, 9.17) is 14.2 Å². The summed E-state index contributed by atoms with van der Waals surface area (Å²) >= 11 is 0. The Morgan fingerprint density at radius 1 is 0.964 bits per heavy atom. The van der Waals surface area contributed by atoms with Gasteiger partial charge in [-0.25, -0.2) is 5.43 Å². The first kappa shape index (κ1) is 20.8.